The average Bonchev–Trinajstić information content (AvgIpc) is 3.26. The van der Waals surface area contributed by atoms with Crippen molar-refractivity contribution in [2.75, 3.05) is 26.2 Å². The fraction of sp³-hybridized carbons (Fsp3) is 0.833. The predicted molar refractivity (Wildman–Crippen MR) is 270 cm³/mol. The largest absolute Gasteiger partial charge is 0.368 e. The molecule has 0 saturated carbocycles. The molecule has 0 rings (SSSR count). The Kier molecular flexibility index (Phi) is 34.1. The Morgan fingerprint density at radius 3 is 0.783 bits per heavy atom. The van der Waals surface area contributed by atoms with Gasteiger partial charge in [0, 0.05) is 0 Å². The van der Waals surface area contributed by atoms with Crippen molar-refractivity contribution >= 4 is 47.3 Å². The minimum absolute atomic E-state index is 0.0497. The topological polar surface area (TPSA) is 377 Å². The van der Waals surface area contributed by atoms with Gasteiger partial charge >= 0.3 is 0 Å². The van der Waals surface area contributed by atoms with Gasteiger partial charge in [-0.15, -0.1) is 0 Å². The molecular formula is C48H95N13O8. The summed E-state index contributed by atoms with van der Waals surface area (Å²) in [4.78, 5) is 109. The van der Waals surface area contributed by atoms with Gasteiger partial charge in [0.25, 0.3) is 0 Å². The molecule has 8 atom stereocenters. The number of primary amides is 1. The molecule has 0 aliphatic heterocycles. The number of nitrogens with two attached hydrogens (primary N) is 6. The molecule has 0 fully saturated rings. The molecule has 0 aliphatic carbocycles. The number of nitrogens with one attached hydrogen (secondary N) is 7. The highest BCUT2D eigenvalue weighted by Crippen LogP contribution is 2.14. The summed E-state index contributed by atoms with van der Waals surface area (Å²) >= 11 is 0. The van der Waals surface area contributed by atoms with Gasteiger partial charge in [0.05, 0.1) is 6.04 Å². The van der Waals surface area contributed by atoms with E-state index < -0.39 is 95.6 Å². The SMILES string of the molecule is CC(C)C[C@H](NC(=O)[C@H](CCCCN)NC(=O)[C@H](CC(C)C)NC(=O)[C@H](CCCCN)NC(=O)[C@H](CC(C)C)NC(=O)[C@H](CCCCN)NC(=O)[C@@H](N)CC(C)C)C(=O)N[C@@H](CCCCN)C(N)=O. The highest BCUT2D eigenvalue weighted by molar-refractivity contribution is 5.97. The molecule has 0 heterocycles. The third-order valence-corrected chi connectivity index (χ3v) is 11.4. The predicted octanol–water partition coefficient (Wildman–Crippen LogP) is -0.107. The summed E-state index contributed by atoms with van der Waals surface area (Å²) in [5.74, 6) is -5.05. The molecule has 0 saturated heterocycles. The lowest BCUT2D eigenvalue weighted by atomic mass is 9.99. The average molecular weight is 982 g/mol. The van der Waals surface area contributed by atoms with Crippen molar-refractivity contribution in [3.63, 3.8) is 0 Å². The normalized spacial score (nSPS) is 15.0. The van der Waals surface area contributed by atoms with Crippen molar-refractivity contribution in [2.24, 2.45) is 58.1 Å². The highest BCUT2D eigenvalue weighted by Gasteiger charge is 2.35. The molecule has 21 nitrogen and oxygen atoms in total. The third-order valence-electron chi connectivity index (χ3n) is 11.4. The highest BCUT2D eigenvalue weighted by atomic mass is 16.2. The smallest absolute Gasteiger partial charge is 0.243 e. The zero-order chi connectivity index (χ0) is 52.6. The van der Waals surface area contributed by atoms with Gasteiger partial charge < -0.3 is 71.6 Å². The van der Waals surface area contributed by atoms with Crippen LogP contribution >= 0.6 is 0 Å². The quantitative estimate of drug-likeness (QED) is 0.0358. The van der Waals surface area contributed by atoms with Crippen LogP contribution in [-0.4, -0.2) is 122 Å². The van der Waals surface area contributed by atoms with Gasteiger partial charge in [-0.3, -0.25) is 38.4 Å². The van der Waals surface area contributed by atoms with Crippen LogP contribution < -0.4 is 71.6 Å². The number of unbranched alkanes of at least 4 members (excludes halogenated alkanes) is 4. The van der Waals surface area contributed by atoms with E-state index in [1.807, 2.05) is 55.4 Å². The molecule has 0 aromatic heterocycles. The second kappa shape index (κ2) is 36.5. The van der Waals surface area contributed by atoms with Crippen LogP contribution in [0, 0.1) is 23.7 Å². The summed E-state index contributed by atoms with van der Waals surface area (Å²) in [5, 5.41) is 19.5. The zero-order valence-electron chi connectivity index (χ0n) is 43.3. The van der Waals surface area contributed by atoms with Crippen molar-refractivity contribution in [3.05, 3.63) is 0 Å². The molecular weight excluding hydrogens is 887 g/mol. The first-order valence-electron chi connectivity index (χ1n) is 25.5. The first-order valence-corrected chi connectivity index (χ1v) is 25.5. The molecule has 0 unspecified atom stereocenters. The number of hydrogen-bond acceptors (Lipinski definition) is 13. The van der Waals surface area contributed by atoms with E-state index in [4.69, 9.17) is 34.4 Å². The first kappa shape index (κ1) is 64.6. The van der Waals surface area contributed by atoms with Crippen LogP contribution in [0.25, 0.3) is 0 Å². The number of rotatable bonds is 39. The van der Waals surface area contributed by atoms with Crippen molar-refractivity contribution in [1.29, 1.82) is 0 Å². The van der Waals surface area contributed by atoms with Crippen LogP contribution in [0.4, 0.5) is 0 Å². The summed E-state index contributed by atoms with van der Waals surface area (Å²) in [7, 11) is 0. The maximum Gasteiger partial charge on any atom is 0.243 e. The van der Waals surface area contributed by atoms with E-state index in [0.717, 1.165) is 0 Å². The van der Waals surface area contributed by atoms with E-state index >= 15 is 0 Å². The molecule has 0 bridgehead atoms. The Balaban J connectivity index is 6.63. The molecule has 0 aromatic carbocycles. The van der Waals surface area contributed by atoms with Crippen LogP contribution in [0.1, 0.15) is 158 Å². The van der Waals surface area contributed by atoms with Crippen molar-refractivity contribution in [2.45, 2.75) is 206 Å². The van der Waals surface area contributed by atoms with E-state index in [1.54, 1.807) is 0 Å². The Hall–Kier alpha value is -4.44. The van der Waals surface area contributed by atoms with Crippen LogP contribution in [0.5, 0.6) is 0 Å². The summed E-state index contributed by atoms with van der Waals surface area (Å²) < 4.78 is 0. The monoisotopic (exact) mass is 982 g/mol. The van der Waals surface area contributed by atoms with Gasteiger partial charge in [-0.1, -0.05) is 55.4 Å². The van der Waals surface area contributed by atoms with Crippen molar-refractivity contribution in [3.8, 4) is 0 Å². The van der Waals surface area contributed by atoms with Gasteiger partial charge in [-0.05, 0) is 153 Å². The third kappa shape index (κ3) is 28.7. The molecule has 69 heavy (non-hydrogen) atoms. The van der Waals surface area contributed by atoms with E-state index in [0.29, 0.717) is 84.0 Å². The Labute approximate surface area is 412 Å². The first-order chi connectivity index (χ1) is 32.5. The van der Waals surface area contributed by atoms with Gasteiger partial charge in [0.1, 0.15) is 42.3 Å². The van der Waals surface area contributed by atoms with Crippen molar-refractivity contribution in [1.82, 2.24) is 37.2 Å². The molecule has 0 spiro atoms. The Morgan fingerprint density at radius 2 is 0.536 bits per heavy atom. The number of carbonyl (C=O) groups excluding carboxylic acids is 8. The summed E-state index contributed by atoms with van der Waals surface area (Å²) in [5.41, 5.74) is 34.6. The fourth-order valence-electron chi connectivity index (χ4n) is 7.70. The molecule has 8 amide bonds. The standard InChI is InChI=1S/C48H95N13O8/c1-29(2)25-33(53)42(63)56-35(18-10-14-22-50)43(64)60-39(27-31(5)6)47(68)58-37(20-12-16-24-52)45(66)61-40(28-32(7)8)48(69)57-36(19-11-15-23-51)44(65)59-38(26-30(3)4)46(67)55-34(41(54)62)17-9-13-21-49/h29-40H,9-28,49-53H2,1-8H3,(H2,54,62)(H,55,67)(H,56,63)(H,57,69)(H,58,68)(H,59,65)(H,60,64)(H,61,66)/t33-,34-,35-,36-,37-,38-,39-,40-/m0/s1. The Bertz CT molecular complexity index is 1550. The van der Waals surface area contributed by atoms with Gasteiger partial charge in [-0.2, -0.15) is 0 Å². The molecule has 400 valence electrons. The zero-order valence-corrected chi connectivity index (χ0v) is 43.3. The van der Waals surface area contributed by atoms with Crippen LogP contribution in [0.3, 0.4) is 0 Å². The maximum atomic E-state index is 14.3. The second-order valence-corrected chi connectivity index (χ2v) is 20.1. The summed E-state index contributed by atoms with van der Waals surface area (Å²) in [6.07, 6.45) is 6.19. The number of hydrogen-bond donors (Lipinski definition) is 13. The Morgan fingerprint density at radius 1 is 0.319 bits per heavy atom. The molecule has 21 heteroatoms. The fourth-order valence-corrected chi connectivity index (χ4v) is 7.70. The molecule has 0 aromatic rings. The summed E-state index contributed by atoms with van der Waals surface area (Å²) in [6.45, 7) is 16.6. The number of amides is 8. The molecule has 0 radical (unpaired) electrons. The lowest BCUT2D eigenvalue weighted by Gasteiger charge is -2.29. The van der Waals surface area contributed by atoms with Crippen molar-refractivity contribution < 1.29 is 38.4 Å². The van der Waals surface area contributed by atoms with Crippen LogP contribution in [-0.2, 0) is 38.4 Å². The van der Waals surface area contributed by atoms with Gasteiger partial charge in [0.15, 0.2) is 0 Å². The second-order valence-electron chi connectivity index (χ2n) is 20.1. The lowest BCUT2D eigenvalue weighted by Crippen LogP contribution is -2.60. The van der Waals surface area contributed by atoms with Crippen LogP contribution in [0.15, 0.2) is 0 Å². The minimum Gasteiger partial charge on any atom is -0.368 e. The minimum atomic E-state index is -1.15. The van der Waals surface area contributed by atoms with E-state index in [-0.39, 0.29) is 68.6 Å². The summed E-state index contributed by atoms with van der Waals surface area (Å²) in [6, 6.07) is -8.39. The van der Waals surface area contributed by atoms with Gasteiger partial charge in [-0.25, -0.2) is 0 Å². The van der Waals surface area contributed by atoms with Gasteiger partial charge in [0.2, 0.25) is 47.3 Å². The lowest BCUT2D eigenvalue weighted by molar-refractivity contribution is -0.136. The van der Waals surface area contributed by atoms with E-state index in [1.165, 1.54) is 0 Å². The maximum absolute atomic E-state index is 14.3. The van der Waals surface area contributed by atoms with Crippen LogP contribution in [0.2, 0.25) is 0 Å². The van der Waals surface area contributed by atoms with E-state index in [2.05, 4.69) is 37.2 Å². The molecule has 0 aliphatic rings. The molecule has 19 N–H and O–H groups in total. The van der Waals surface area contributed by atoms with E-state index in [9.17, 15) is 38.4 Å². The number of carbonyl (C=O) groups is 8.